The van der Waals surface area contributed by atoms with Crippen LogP contribution in [0.4, 0.5) is 0 Å². The molecule has 2 N–H and O–H groups in total. The molecule has 1 heterocycles. The molecule has 0 aliphatic carbocycles. The highest BCUT2D eigenvalue weighted by Gasteiger charge is 2.23. The van der Waals surface area contributed by atoms with Gasteiger partial charge in [-0.3, -0.25) is 4.79 Å². The highest BCUT2D eigenvalue weighted by Crippen LogP contribution is 2.10. The van der Waals surface area contributed by atoms with Gasteiger partial charge in [-0.25, -0.2) is 0 Å². The maximum atomic E-state index is 11.2. The lowest BCUT2D eigenvalue weighted by molar-refractivity contribution is -0.132. The fraction of sp³-hybridized carbons (Fsp3) is 0.900. The monoisotopic (exact) mass is 200 g/mol. The molecule has 4 heteroatoms. The van der Waals surface area contributed by atoms with Crippen LogP contribution in [0, 0.1) is 0 Å². The summed E-state index contributed by atoms with van der Waals surface area (Å²) in [4.78, 5) is 12.9. The first-order valence-corrected chi connectivity index (χ1v) is 5.08. The van der Waals surface area contributed by atoms with Crippen LogP contribution in [0.5, 0.6) is 0 Å². The van der Waals surface area contributed by atoms with Crippen molar-refractivity contribution >= 4 is 5.91 Å². The zero-order valence-electron chi connectivity index (χ0n) is 9.21. The van der Waals surface area contributed by atoms with Gasteiger partial charge in [-0.05, 0) is 20.3 Å². The van der Waals surface area contributed by atoms with E-state index < -0.39 is 5.60 Å². The SMILES string of the molecule is CN1CC(NCC(C)(C)O)CCC1=O. The molecule has 1 unspecified atom stereocenters. The normalized spacial score (nSPS) is 24.1. The van der Waals surface area contributed by atoms with Gasteiger partial charge in [-0.2, -0.15) is 0 Å². The Morgan fingerprint density at radius 2 is 2.29 bits per heavy atom. The number of carbonyl (C=O) groups is 1. The molecular formula is C10H20N2O2. The number of carbonyl (C=O) groups excluding carboxylic acids is 1. The lowest BCUT2D eigenvalue weighted by Gasteiger charge is -2.32. The van der Waals surface area contributed by atoms with Crippen molar-refractivity contribution in [2.24, 2.45) is 0 Å². The van der Waals surface area contributed by atoms with E-state index in [9.17, 15) is 9.90 Å². The molecule has 1 rings (SSSR count). The minimum Gasteiger partial charge on any atom is -0.389 e. The molecule has 1 amide bonds. The van der Waals surface area contributed by atoms with E-state index in [0.29, 0.717) is 19.0 Å². The van der Waals surface area contributed by atoms with Crippen LogP contribution < -0.4 is 5.32 Å². The Morgan fingerprint density at radius 1 is 1.64 bits per heavy atom. The van der Waals surface area contributed by atoms with Gasteiger partial charge in [-0.15, -0.1) is 0 Å². The molecule has 0 saturated carbocycles. The Labute approximate surface area is 85.3 Å². The van der Waals surface area contributed by atoms with Crippen LogP contribution in [0.1, 0.15) is 26.7 Å². The second kappa shape index (κ2) is 4.28. The van der Waals surface area contributed by atoms with Crippen molar-refractivity contribution in [3.8, 4) is 0 Å². The van der Waals surface area contributed by atoms with Crippen LogP contribution in [-0.4, -0.2) is 47.7 Å². The molecule has 1 aliphatic rings. The van der Waals surface area contributed by atoms with Crippen LogP contribution in [0.2, 0.25) is 0 Å². The Morgan fingerprint density at radius 3 is 2.79 bits per heavy atom. The van der Waals surface area contributed by atoms with Crippen LogP contribution in [0.25, 0.3) is 0 Å². The summed E-state index contributed by atoms with van der Waals surface area (Å²) in [7, 11) is 1.82. The minimum absolute atomic E-state index is 0.214. The zero-order valence-corrected chi connectivity index (χ0v) is 9.21. The number of aliphatic hydroxyl groups is 1. The van der Waals surface area contributed by atoms with Gasteiger partial charge >= 0.3 is 0 Å². The predicted molar refractivity (Wildman–Crippen MR) is 55.0 cm³/mol. The number of hydrogen-bond acceptors (Lipinski definition) is 3. The Kier molecular flexibility index (Phi) is 3.50. The lowest BCUT2D eigenvalue weighted by Crippen LogP contribution is -2.49. The first kappa shape index (κ1) is 11.5. The Balaban J connectivity index is 2.30. The highest BCUT2D eigenvalue weighted by atomic mass is 16.3. The van der Waals surface area contributed by atoms with E-state index in [1.807, 2.05) is 7.05 Å². The minimum atomic E-state index is -0.681. The summed E-state index contributed by atoms with van der Waals surface area (Å²) in [6.45, 7) is 4.87. The molecule has 1 atom stereocenters. The van der Waals surface area contributed by atoms with E-state index in [0.717, 1.165) is 13.0 Å². The average Bonchev–Trinajstić information content (AvgIpc) is 2.06. The van der Waals surface area contributed by atoms with Crippen molar-refractivity contribution in [1.82, 2.24) is 10.2 Å². The van der Waals surface area contributed by atoms with Crippen molar-refractivity contribution in [3.63, 3.8) is 0 Å². The zero-order chi connectivity index (χ0) is 10.8. The van der Waals surface area contributed by atoms with E-state index in [1.54, 1.807) is 18.7 Å². The molecule has 4 nitrogen and oxygen atoms in total. The number of nitrogens with zero attached hydrogens (tertiary/aromatic N) is 1. The summed E-state index contributed by atoms with van der Waals surface area (Å²) >= 11 is 0. The van der Waals surface area contributed by atoms with Crippen LogP contribution in [0.15, 0.2) is 0 Å². The second-order valence-electron chi connectivity index (χ2n) is 4.70. The van der Waals surface area contributed by atoms with Gasteiger partial charge in [0.05, 0.1) is 5.60 Å². The van der Waals surface area contributed by atoms with E-state index >= 15 is 0 Å². The molecule has 1 saturated heterocycles. The molecule has 1 aliphatic heterocycles. The fourth-order valence-corrected chi connectivity index (χ4v) is 1.57. The van der Waals surface area contributed by atoms with Gasteiger partial charge in [0.1, 0.15) is 0 Å². The van der Waals surface area contributed by atoms with Crippen LogP contribution >= 0.6 is 0 Å². The molecule has 14 heavy (non-hydrogen) atoms. The maximum Gasteiger partial charge on any atom is 0.222 e. The lowest BCUT2D eigenvalue weighted by atomic mass is 10.0. The number of likely N-dealkylation sites (tertiary alicyclic amines) is 1. The number of piperidine rings is 1. The molecule has 0 bridgehead atoms. The van der Waals surface area contributed by atoms with E-state index in [2.05, 4.69) is 5.32 Å². The first-order chi connectivity index (χ1) is 6.38. The van der Waals surface area contributed by atoms with Gasteiger partial charge in [-0.1, -0.05) is 0 Å². The van der Waals surface area contributed by atoms with Crippen molar-refractivity contribution in [3.05, 3.63) is 0 Å². The third-order valence-corrected chi connectivity index (χ3v) is 2.45. The van der Waals surface area contributed by atoms with Crippen LogP contribution in [-0.2, 0) is 4.79 Å². The second-order valence-corrected chi connectivity index (χ2v) is 4.70. The molecule has 1 fully saturated rings. The summed E-state index contributed by atoms with van der Waals surface area (Å²) in [5, 5.41) is 12.8. The molecule has 82 valence electrons. The van der Waals surface area contributed by atoms with E-state index in [-0.39, 0.29) is 5.91 Å². The van der Waals surface area contributed by atoms with Crippen molar-refractivity contribution in [2.45, 2.75) is 38.3 Å². The Hall–Kier alpha value is -0.610. The largest absolute Gasteiger partial charge is 0.389 e. The first-order valence-electron chi connectivity index (χ1n) is 5.08. The van der Waals surface area contributed by atoms with Gasteiger partial charge in [0, 0.05) is 32.6 Å². The molecule has 0 aromatic carbocycles. The topological polar surface area (TPSA) is 52.6 Å². The molecular weight excluding hydrogens is 180 g/mol. The van der Waals surface area contributed by atoms with Gasteiger partial charge in [0.15, 0.2) is 0 Å². The number of likely N-dealkylation sites (N-methyl/N-ethyl adjacent to an activating group) is 1. The fourth-order valence-electron chi connectivity index (χ4n) is 1.57. The predicted octanol–water partition coefficient (Wildman–Crippen LogP) is -0.0323. The van der Waals surface area contributed by atoms with Gasteiger partial charge in [0.2, 0.25) is 5.91 Å². The van der Waals surface area contributed by atoms with Gasteiger partial charge in [0.25, 0.3) is 0 Å². The summed E-state index contributed by atoms with van der Waals surface area (Å²) in [6.07, 6.45) is 1.49. The van der Waals surface area contributed by atoms with E-state index in [4.69, 9.17) is 0 Å². The molecule has 0 aromatic rings. The summed E-state index contributed by atoms with van der Waals surface area (Å²) in [5.41, 5.74) is -0.681. The number of nitrogens with one attached hydrogen (secondary N) is 1. The standard InChI is InChI=1S/C10H20N2O2/c1-10(2,14)7-11-8-4-5-9(13)12(3)6-8/h8,11,14H,4-7H2,1-3H3. The summed E-state index contributed by atoms with van der Waals surface area (Å²) < 4.78 is 0. The highest BCUT2D eigenvalue weighted by molar-refractivity contribution is 5.76. The smallest absolute Gasteiger partial charge is 0.222 e. The van der Waals surface area contributed by atoms with Gasteiger partial charge < -0.3 is 15.3 Å². The average molecular weight is 200 g/mol. The summed E-state index contributed by atoms with van der Waals surface area (Å²) in [6, 6.07) is 0.323. The van der Waals surface area contributed by atoms with Crippen molar-refractivity contribution in [1.29, 1.82) is 0 Å². The van der Waals surface area contributed by atoms with E-state index in [1.165, 1.54) is 0 Å². The molecule has 0 radical (unpaired) electrons. The molecule has 0 aromatic heterocycles. The van der Waals surface area contributed by atoms with Crippen LogP contribution in [0.3, 0.4) is 0 Å². The quantitative estimate of drug-likeness (QED) is 0.672. The Bertz CT molecular complexity index is 211. The van der Waals surface area contributed by atoms with Crippen molar-refractivity contribution < 1.29 is 9.90 Å². The third-order valence-electron chi connectivity index (χ3n) is 2.45. The molecule has 0 spiro atoms. The number of hydrogen-bond donors (Lipinski definition) is 2. The number of rotatable bonds is 3. The number of amides is 1. The third kappa shape index (κ3) is 3.64. The summed E-state index contributed by atoms with van der Waals surface area (Å²) in [5.74, 6) is 0.214. The maximum absolute atomic E-state index is 11.2. The van der Waals surface area contributed by atoms with Crippen molar-refractivity contribution in [2.75, 3.05) is 20.1 Å².